The molecule has 0 fully saturated rings. The van der Waals surface area contributed by atoms with Crippen LogP contribution in [-0.2, 0) is 6.42 Å². The number of nitrogens with zero attached hydrogens (tertiary/aromatic N) is 2. The number of nitrogens with two attached hydrogens (primary N) is 1. The van der Waals surface area contributed by atoms with Gasteiger partial charge in [0.1, 0.15) is 0 Å². The van der Waals surface area contributed by atoms with Crippen LogP contribution in [0.1, 0.15) is 28.8 Å². The van der Waals surface area contributed by atoms with E-state index in [9.17, 15) is 9.18 Å². The first kappa shape index (κ1) is 13.5. The Morgan fingerprint density at radius 1 is 1.24 bits per heavy atom. The van der Waals surface area contributed by atoms with Crippen molar-refractivity contribution in [1.29, 1.82) is 0 Å². The van der Waals surface area contributed by atoms with Gasteiger partial charge in [0.15, 0.2) is 11.6 Å². The van der Waals surface area contributed by atoms with Crippen molar-refractivity contribution in [1.82, 2.24) is 4.98 Å². The van der Waals surface area contributed by atoms with Crippen molar-refractivity contribution in [2.75, 3.05) is 17.2 Å². The average molecular weight is 285 g/mol. The van der Waals surface area contributed by atoms with Crippen LogP contribution >= 0.6 is 0 Å². The van der Waals surface area contributed by atoms with Crippen LogP contribution < -0.4 is 10.6 Å². The number of hydrogen-bond acceptors (Lipinski definition) is 3. The van der Waals surface area contributed by atoms with Gasteiger partial charge < -0.3 is 10.6 Å². The number of nitrogen functional groups attached to an aromatic ring is 1. The Kier molecular flexibility index (Phi) is 3.56. The topological polar surface area (TPSA) is 59.2 Å². The minimum Gasteiger partial charge on any atom is -0.381 e. The minimum absolute atomic E-state index is 0.0285. The molecule has 0 radical (unpaired) electrons. The number of para-hydroxylation sites is 1. The highest BCUT2D eigenvalue weighted by atomic mass is 19.1. The molecule has 1 aromatic heterocycles. The number of fused-ring (bicyclic) bond motifs is 1. The molecule has 3 rings (SSSR count). The Bertz CT molecular complexity index is 687. The summed E-state index contributed by atoms with van der Waals surface area (Å²) >= 11 is 0. The largest absolute Gasteiger partial charge is 0.381 e. The maximum atomic E-state index is 14.0. The van der Waals surface area contributed by atoms with Crippen molar-refractivity contribution >= 4 is 17.4 Å². The van der Waals surface area contributed by atoms with Crippen molar-refractivity contribution in [3.63, 3.8) is 0 Å². The highest BCUT2D eigenvalue weighted by Gasteiger charge is 2.25. The number of carbonyl (C=O) groups is 1. The molecule has 1 aliphatic rings. The van der Waals surface area contributed by atoms with Gasteiger partial charge in [-0.1, -0.05) is 18.2 Å². The summed E-state index contributed by atoms with van der Waals surface area (Å²) in [6, 6.07) is 9.14. The van der Waals surface area contributed by atoms with E-state index in [-0.39, 0.29) is 17.3 Å². The molecule has 108 valence electrons. The van der Waals surface area contributed by atoms with Gasteiger partial charge in [0.2, 0.25) is 0 Å². The van der Waals surface area contributed by atoms with Gasteiger partial charge in [-0.25, -0.2) is 9.37 Å². The van der Waals surface area contributed by atoms with Gasteiger partial charge in [-0.05, 0) is 37.0 Å². The normalized spacial score (nSPS) is 14.4. The van der Waals surface area contributed by atoms with E-state index in [1.54, 1.807) is 4.90 Å². The molecule has 0 atom stereocenters. The minimum atomic E-state index is -0.746. The zero-order valence-electron chi connectivity index (χ0n) is 11.6. The molecule has 1 amide bonds. The summed E-state index contributed by atoms with van der Waals surface area (Å²) in [5, 5.41) is 0. The second kappa shape index (κ2) is 5.52. The van der Waals surface area contributed by atoms with E-state index in [0.29, 0.717) is 6.54 Å². The van der Waals surface area contributed by atoms with Crippen LogP contribution in [-0.4, -0.2) is 17.4 Å². The van der Waals surface area contributed by atoms with Crippen LogP contribution in [0.3, 0.4) is 0 Å². The molecule has 1 aliphatic heterocycles. The molecular formula is C16H16FN3O. The number of anilines is 2. The van der Waals surface area contributed by atoms with Gasteiger partial charge in [-0.2, -0.15) is 0 Å². The van der Waals surface area contributed by atoms with Crippen molar-refractivity contribution in [3.05, 3.63) is 53.5 Å². The second-order valence-electron chi connectivity index (χ2n) is 5.10. The van der Waals surface area contributed by atoms with E-state index in [4.69, 9.17) is 5.73 Å². The molecule has 2 N–H and O–H groups in total. The molecule has 0 saturated heterocycles. The third-order valence-electron chi connectivity index (χ3n) is 3.75. The van der Waals surface area contributed by atoms with Crippen molar-refractivity contribution in [3.8, 4) is 0 Å². The molecule has 0 spiro atoms. The monoisotopic (exact) mass is 285 g/mol. The van der Waals surface area contributed by atoms with Crippen LogP contribution in [0.2, 0.25) is 0 Å². The van der Waals surface area contributed by atoms with Gasteiger partial charge in [0.05, 0.1) is 5.56 Å². The number of hydrogen-bond donors (Lipinski definition) is 1. The third kappa shape index (κ3) is 2.46. The zero-order valence-corrected chi connectivity index (χ0v) is 11.6. The summed E-state index contributed by atoms with van der Waals surface area (Å²) < 4.78 is 14.0. The molecule has 4 nitrogen and oxygen atoms in total. The standard InChI is InChI=1S/C16H16FN3O/c17-14-12(8-9-19-15(14)18)16(21)20-10-4-3-6-11-5-1-2-7-13(11)20/h1-2,5,7-9H,3-4,6,10H2,(H2,18,19). The number of aryl methyl sites for hydroxylation is 1. The molecule has 1 aromatic carbocycles. The molecule has 21 heavy (non-hydrogen) atoms. The summed E-state index contributed by atoms with van der Waals surface area (Å²) in [5.74, 6) is -1.36. The van der Waals surface area contributed by atoms with E-state index in [0.717, 1.165) is 30.5 Å². The highest BCUT2D eigenvalue weighted by molar-refractivity contribution is 6.07. The Balaban J connectivity index is 2.03. The van der Waals surface area contributed by atoms with Gasteiger partial charge >= 0.3 is 0 Å². The summed E-state index contributed by atoms with van der Waals surface area (Å²) in [4.78, 5) is 18.0. The molecule has 0 aliphatic carbocycles. The molecular weight excluding hydrogens is 269 g/mol. The molecule has 5 heteroatoms. The Hall–Kier alpha value is -2.43. The summed E-state index contributed by atoms with van der Waals surface area (Å²) in [5.41, 5.74) is 7.40. The highest BCUT2D eigenvalue weighted by Crippen LogP contribution is 2.28. The number of aromatic nitrogens is 1. The zero-order chi connectivity index (χ0) is 14.8. The number of halogens is 1. The SMILES string of the molecule is Nc1nccc(C(=O)N2CCCCc3ccccc32)c1F. The van der Waals surface area contributed by atoms with Gasteiger partial charge in [-0.3, -0.25) is 4.79 Å². The average Bonchev–Trinajstić information content (AvgIpc) is 2.72. The quantitative estimate of drug-likeness (QED) is 0.876. The fraction of sp³-hybridized carbons (Fsp3) is 0.250. The van der Waals surface area contributed by atoms with E-state index in [1.165, 1.54) is 12.3 Å². The lowest BCUT2D eigenvalue weighted by Crippen LogP contribution is -2.32. The first-order chi connectivity index (χ1) is 10.2. The van der Waals surface area contributed by atoms with Crippen molar-refractivity contribution in [2.45, 2.75) is 19.3 Å². The third-order valence-corrected chi connectivity index (χ3v) is 3.75. The van der Waals surface area contributed by atoms with Gasteiger partial charge in [0.25, 0.3) is 5.91 Å². The predicted octanol–water partition coefficient (Wildman–Crippen LogP) is 2.79. The molecule has 0 saturated carbocycles. The first-order valence-corrected chi connectivity index (χ1v) is 6.98. The summed E-state index contributed by atoms with van der Waals surface area (Å²) in [6.45, 7) is 0.581. The van der Waals surface area contributed by atoms with Crippen LogP contribution in [0.4, 0.5) is 15.9 Å². The Morgan fingerprint density at radius 3 is 2.90 bits per heavy atom. The first-order valence-electron chi connectivity index (χ1n) is 6.98. The van der Waals surface area contributed by atoms with Crippen LogP contribution in [0.15, 0.2) is 36.5 Å². The lowest BCUT2D eigenvalue weighted by molar-refractivity contribution is 0.0983. The van der Waals surface area contributed by atoms with Crippen LogP contribution in [0, 0.1) is 5.82 Å². The molecule has 2 aromatic rings. The summed E-state index contributed by atoms with van der Waals surface area (Å²) in [7, 11) is 0. The number of pyridine rings is 1. The maximum Gasteiger partial charge on any atom is 0.261 e. The fourth-order valence-electron chi connectivity index (χ4n) is 2.67. The van der Waals surface area contributed by atoms with Crippen LogP contribution in [0.5, 0.6) is 0 Å². The molecule has 2 heterocycles. The smallest absolute Gasteiger partial charge is 0.261 e. The Labute approximate surface area is 122 Å². The lowest BCUT2D eigenvalue weighted by Gasteiger charge is -2.23. The van der Waals surface area contributed by atoms with E-state index in [2.05, 4.69) is 4.98 Å². The Morgan fingerprint density at radius 2 is 2.05 bits per heavy atom. The summed E-state index contributed by atoms with van der Waals surface area (Å²) in [6.07, 6.45) is 4.20. The fourth-order valence-corrected chi connectivity index (χ4v) is 2.67. The predicted molar refractivity (Wildman–Crippen MR) is 79.7 cm³/mol. The number of carbonyl (C=O) groups excluding carboxylic acids is 1. The van der Waals surface area contributed by atoms with Crippen LogP contribution in [0.25, 0.3) is 0 Å². The maximum absolute atomic E-state index is 14.0. The van der Waals surface area contributed by atoms with E-state index in [1.807, 2.05) is 24.3 Å². The molecule has 0 unspecified atom stereocenters. The van der Waals surface area contributed by atoms with Gasteiger partial charge in [0, 0.05) is 18.4 Å². The number of amides is 1. The number of benzene rings is 1. The van der Waals surface area contributed by atoms with Gasteiger partial charge in [-0.15, -0.1) is 0 Å². The number of rotatable bonds is 1. The van der Waals surface area contributed by atoms with E-state index >= 15 is 0 Å². The lowest BCUT2D eigenvalue weighted by atomic mass is 10.1. The van der Waals surface area contributed by atoms with Crippen molar-refractivity contribution < 1.29 is 9.18 Å². The second-order valence-corrected chi connectivity index (χ2v) is 5.10. The van der Waals surface area contributed by atoms with E-state index < -0.39 is 5.82 Å². The van der Waals surface area contributed by atoms with Crippen molar-refractivity contribution in [2.24, 2.45) is 0 Å². The molecule has 0 bridgehead atoms.